The van der Waals surface area contributed by atoms with Crippen molar-refractivity contribution in [1.29, 1.82) is 0 Å². The van der Waals surface area contributed by atoms with Crippen LogP contribution in [0.2, 0.25) is 0 Å². The molecule has 1 amide bonds. The molecule has 0 spiro atoms. The van der Waals surface area contributed by atoms with Gasteiger partial charge in [-0.3, -0.25) is 4.79 Å². The second kappa shape index (κ2) is 8.20. The van der Waals surface area contributed by atoms with Crippen LogP contribution >= 0.6 is 0 Å². The Morgan fingerprint density at radius 1 is 1.38 bits per heavy atom. The molecule has 5 heteroatoms. The summed E-state index contributed by atoms with van der Waals surface area (Å²) in [5.41, 5.74) is 2.70. The monoisotopic (exact) mass is 296 g/mol. The Labute approximate surface area is 127 Å². The lowest BCUT2D eigenvalue weighted by Crippen LogP contribution is -2.35. The first-order valence-corrected chi connectivity index (χ1v) is 7.57. The maximum absolute atomic E-state index is 12.2. The third kappa shape index (κ3) is 5.17. The highest BCUT2D eigenvalue weighted by Gasteiger charge is 2.15. The number of carbonyl (C=O) groups is 1. The first-order chi connectivity index (χ1) is 9.86. The third-order valence-corrected chi connectivity index (χ3v) is 3.39. The Bertz CT molecular complexity index is 466. The van der Waals surface area contributed by atoms with Crippen LogP contribution in [0.25, 0.3) is 0 Å². The fourth-order valence-corrected chi connectivity index (χ4v) is 2.32. The number of nitrogens with zero attached hydrogens (tertiary/aromatic N) is 1. The minimum Gasteiger partial charge on any atom is -0.389 e. The molecule has 0 aliphatic rings. The Morgan fingerprint density at radius 2 is 2.05 bits per heavy atom. The summed E-state index contributed by atoms with van der Waals surface area (Å²) in [5, 5.41) is 12.5. The number of hydrogen-bond acceptors (Lipinski definition) is 3. The SMILES string of the molecule is CCn1c(C)cc(C(=O)NCC(O)COCC(C)C)c1C. The number of amides is 1. The minimum atomic E-state index is -0.678. The molecular formula is C16H28N2O3. The average Bonchev–Trinajstić information content (AvgIpc) is 2.70. The van der Waals surface area contributed by atoms with Gasteiger partial charge in [0.1, 0.15) is 0 Å². The minimum absolute atomic E-state index is 0.147. The molecular weight excluding hydrogens is 268 g/mol. The van der Waals surface area contributed by atoms with Gasteiger partial charge in [0, 0.05) is 31.1 Å². The summed E-state index contributed by atoms with van der Waals surface area (Å²) < 4.78 is 7.45. The van der Waals surface area contributed by atoms with Gasteiger partial charge in [0.15, 0.2) is 0 Å². The van der Waals surface area contributed by atoms with Gasteiger partial charge in [-0.1, -0.05) is 13.8 Å². The lowest BCUT2D eigenvalue weighted by molar-refractivity contribution is 0.0259. The van der Waals surface area contributed by atoms with Crippen molar-refractivity contribution in [1.82, 2.24) is 9.88 Å². The number of rotatable bonds is 8. The molecule has 21 heavy (non-hydrogen) atoms. The second-order valence-electron chi connectivity index (χ2n) is 5.82. The van der Waals surface area contributed by atoms with E-state index < -0.39 is 6.10 Å². The summed E-state index contributed by atoms with van der Waals surface area (Å²) in [6.45, 7) is 12.0. The number of nitrogens with one attached hydrogen (secondary N) is 1. The van der Waals surface area contributed by atoms with Crippen molar-refractivity contribution in [2.75, 3.05) is 19.8 Å². The Kier molecular flexibility index (Phi) is 6.92. The van der Waals surface area contributed by atoms with E-state index in [0.29, 0.717) is 18.1 Å². The predicted octanol–water partition coefficient (Wildman–Crippen LogP) is 1.89. The number of hydrogen-bond donors (Lipinski definition) is 2. The van der Waals surface area contributed by atoms with E-state index in [-0.39, 0.29) is 19.1 Å². The van der Waals surface area contributed by atoms with Gasteiger partial charge in [-0.05, 0) is 32.8 Å². The van der Waals surface area contributed by atoms with Crippen molar-refractivity contribution in [2.45, 2.75) is 47.3 Å². The van der Waals surface area contributed by atoms with Crippen LogP contribution in [0.4, 0.5) is 0 Å². The van der Waals surface area contributed by atoms with E-state index in [0.717, 1.165) is 17.9 Å². The molecule has 1 rings (SSSR count). The van der Waals surface area contributed by atoms with Crippen molar-refractivity contribution in [2.24, 2.45) is 5.92 Å². The van der Waals surface area contributed by atoms with Crippen LogP contribution in [0.15, 0.2) is 6.07 Å². The number of ether oxygens (including phenoxy) is 1. The Hall–Kier alpha value is -1.33. The van der Waals surface area contributed by atoms with E-state index >= 15 is 0 Å². The molecule has 120 valence electrons. The number of aliphatic hydroxyl groups is 1. The maximum atomic E-state index is 12.2. The van der Waals surface area contributed by atoms with Crippen molar-refractivity contribution in [3.05, 3.63) is 23.0 Å². The maximum Gasteiger partial charge on any atom is 0.253 e. The standard InChI is InChI=1S/C16H28N2O3/c1-6-18-12(4)7-15(13(18)5)16(20)17-8-14(19)10-21-9-11(2)3/h7,11,14,19H,6,8-10H2,1-5H3,(H,17,20). The smallest absolute Gasteiger partial charge is 0.253 e. The highest BCUT2D eigenvalue weighted by atomic mass is 16.5. The van der Waals surface area contributed by atoms with Gasteiger partial charge in [0.2, 0.25) is 0 Å². The predicted molar refractivity (Wildman–Crippen MR) is 83.6 cm³/mol. The topological polar surface area (TPSA) is 63.5 Å². The summed E-state index contributed by atoms with van der Waals surface area (Å²) in [6.07, 6.45) is -0.678. The van der Waals surface area contributed by atoms with Gasteiger partial charge in [-0.15, -0.1) is 0 Å². The molecule has 1 heterocycles. The summed E-state index contributed by atoms with van der Waals surface area (Å²) in [5.74, 6) is 0.289. The van der Waals surface area contributed by atoms with E-state index in [4.69, 9.17) is 4.74 Å². The van der Waals surface area contributed by atoms with Gasteiger partial charge < -0.3 is 19.7 Å². The van der Waals surface area contributed by atoms with Gasteiger partial charge in [0.25, 0.3) is 5.91 Å². The van der Waals surface area contributed by atoms with Gasteiger partial charge in [-0.2, -0.15) is 0 Å². The molecule has 0 aliphatic heterocycles. The largest absolute Gasteiger partial charge is 0.389 e. The fourth-order valence-electron chi connectivity index (χ4n) is 2.32. The van der Waals surface area contributed by atoms with Crippen LogP contribution in [0, 0.1) is 19.8 Å². The Morgan fingerprint density at radius 3 is 2.57 bits per heavy atom. The average molecular weight is 296 g/mol. The lowest BCUT2D eigenvalue weighted by atomic mass is 10.2. The third-order valence-electron chi connectivity index (χ3n) is 3.39. The molecule has 0 aliphatic carbocycles. The first kappa shape index (κ1) is 17.7. The van der Waals surface area contributed by atoms with Crippen molar-refractivity contribution >= 4 is 5.91 Å². The summed E-state index contributed by atoms with van der Waals surface area (Å²) >= 11 is 0. The zero-order valence-electron chi connectivity index (χ0n) is 13.8. The second-order valence-corrected chi connectivity index (χ2v) is 5.82. The van der Waals surface area contributed by atoms with Crippen LogP contribution < -0.4 is 5.32 Å². The van der Waals surface area contributed by atoms with Crippen LogP contribution in [0.1, 0.15) is 42.5 Å². The van der Waals surface area contributed by atoms with Gasteiger partial charge >= 0.3 is 0 Å². The fraction of sp³-hybridized carbons (Fsp3) is 0.688. The first-order valence-electron chi connectivity index (χ1n) is 7.57. The zero-order chi connectivity index (χ0) is 16.0. The molecule has 1 aromatic heterocycles. The number of aryl methyl sites for hydroxylation is 1. The van der Waals surface area contributed by atoms with Crippen LogP contribution in [0.5, 0.6) is 0 Å². The zero-order valence-corrected chi connectivity index (χ0v) is 13.8. The van der Waals surface area contributed by atoms with Crippen molar-refractivity contribution in [3.8, 4) is 0 Å². The molecule has 5 nitrogen and oxygen atoms in total. The molecule has 2 N–H and O–H groups in total. The quantitative estimate of drug-likeness (QED) is 0.770. The highest BCUT2D eigenvalue weighted by Crippen LogP contribution is 2.14. The van der Waals surface area contributed by atoms with E-state index in [2.05, 4.69) is 30.7 Å². The van der Waals surface area contributed by atoms with Crippen molar-refractivity contribution in [3.63, 3.8) is 0 Å². The van der Waals surface area contributed by atoms with Crippen LogP contribution in [-0.4, -0.2) is 41.4 Å². The van der Waals surface area contributed by atoms with Crippen LogP contribution in [-0.2, 0) is 11.3 Å². The molecule has 0 fully saturated rings. The van der Waals surface area contributed by atoms with E-state index in [1.165, 1.54) is 0 Å². The summed E-state index contributed by atoms with van der Waals surface area (Å²) in [7, 11) is 0. The molecule has 0 radical (unpaired) electrons. The molecule has 1 aromatic rings. The molecule has 0 aromatic carbocycles. The van der Waals surface area contributed by atoms with Gasteiger partial charge in [0.05, 0.1) is 18.3 Å². The molecule has 1 atom stereocenters. The number of aromatic nitrogens is 1. The van der Waals surface area contributed by atoms with Crippen LogP contribution in [0.3, 0.4) is 0 Å². The van der Waals surface area contributed by atoms with E-state index in [1.807, 2.05) is 19.9 Å². The van der Waals surface area contributed by atoms with E-state index in [1.54, 1.807) is 0 Å². The molecule has 0 bridgehead atoms. The Balaban J connectivity index is 2.47. The normalized spacial score (nSPS) is 12.7. The highest BCUT2D eigenvalue weighted by molar-refractivity contribution is 5.95. The lowest BCUT2D eigenvalue weighted by Gasteiger charge is -2.13. The number of carbonyl (C=O) groups excluding carboxylic acids is 1. The molecule has 0 saturated heterocycles. The van der Waals surface area contributed by atoms with Crippen molar-refractivity contribution < 1.29 is 14.6 Å². The molecule has 1 unspecified atom stereocenters. The van der Waals surface area contributed by atoms with E-state index in [9.17, 15) is 9.90 Å². The summed E-state index contributed by atoms with van der Waals surface area (Å²) in [6, 6.07) is 1.88. The molecule has 0 saturated carbocycles. The van der Waals surface area contributed by atoms with Gasteiger partial charge in [-0.25, -0.2) is 0 Å². The number of aliphatic hydroxyl groups excluding tert-OH is 1. The summed E-state index contributed by atoms with van der Waals surface area (Å²) in [4.78, 5) is 12.2.